The Labute approximate surface area is 112 Å². The van der Waals surface area contributed by atoms with Crippen molar-refractivity contribution in [1.82, 2.24) is 4.90 Å². The molecule has 0 aromatic heterocycles. The summed E-state index contributed by atoms with van der Waals surface area (Å²) in [5.74, 6) is 1.97. The fraction of sp³-hybridized carbons (Fsp3) is 1.00. The lowest BCUT2D eigenvalue weighted by molar-refractivity contribution is 0.0559. The molecule has 0 aromatic carbocycles. The van der Waals surface area contributed by atoms with Gasteiger partial charge in [0.25, 0.3) is 0 Å². The van der Waals surface area contributed by atoms with E-state index in [1.807, 2.05) is 0 Å². The molecule has 2 atom stereocenters. The predicted molar refractivity (Wildman–Crippen MR) is 76.5 cm³/mol. The second kappa shape index (κ2) is 5.13. The van der Waals surface area contributed by atoms with Gasteiger partial charge in [0, 0.05) is 18.1 Å². The maximum atomic E-state index is 6.18. The molecule has 3 rings (SSSR count). The molecule has 1 saturated heterocycles. The zero-order chi connectivity index (χ0) is 12.6. The molecule has 3 aliphatic rings. The Morgan fingerprint density at radius 3 is 2.39 bits per heavy atom. The van der Waals surface area contributed by atoms with Crippen molar-refractivity contribution in [3.8, 4) is 0 Å². The van der Waals surface area contributed by atoms with Crippen LogP contribution in [0.15, 0.2) is 0 Å². The molecular formula is C16H30N2. The van der Waals surface area contributed by atoms with E-state index < -0.39 is 0 Å². The molecule has 0 bridgehead atoms. The van der Waals surface area contributed by atoms with Crippen LogP contribution in [0.3, 0.4) is 0 Å². The van der Waals surface area contributed by atoms with Gasteiger partial charge in [-0.1, -0.05) is 25.7 Å². The molecule has 0 aromatic rings. The Balaban J connectivity index is 1.70. The number of nitrogens with zero attached hydrogens (tertiary/aromatic N) is 1. The van der Waals surface area contributed by atoms with E-state index in [9.17, 15) is 0 Å². The van der Waals surface area contributed by atoms with Gasteiger partial charge in [-0.05, 0) is 57.4 Å². The summed E-state index contributed by atoms with van der Waals surface area (Å²) in [7, 11) is 0. The first-order valence-corrected chi connectivity index (χ1v) is 8.20. The SMILES string of the molecule is CC(CN)(CC1CC1)N1CCCC1C1CCCC1. The zero-order valence-electron chi connectivity index (χ0n) is 12.0. The summed E-state index contributed by atoms with van der Waals surface area (Å²) in [6.07, 6.45) is 13.0. The minimum absolute atomic E-state index is 0.297. The van der Waals surface area contributed by atoms with E-state index in [0.717, 1.165) is 24.4 Å². The molecule has 0 amide bonds. The number of hydrogen-bond donors (Lipinski definition) is 1. The highest BCUT2D eigenvalue weighted by Crippen LogP contribution is 2.43. The highest BCUT2D eigenvalue weighted by molar-refractivity contribution is 5.00. The highest BCUT2D eigenvalue weighted by Gasteiger charge is 2.44. The fourth-order valence-corrected chi connectivity index (χ4v) is 4.56. The van der Waals surface area contributed by atoms with Gasteiger partial charge in [-0.25, -0.2) is 0 Å². The van der Waals surface area contributed by atoms with Crippen molar-refractivity contribution < 1.29 is 0 Å². The normalized spacial score (nSPS) is 34.0. The van der Waals surface area contributed by atoms with Crippen molar-refractivity contribution in [3.63, 3.8) is 0 Å². The van der Waals surface area contributed by atoms with Crippen LogP contribution in [-0.2, 0) is 0 Å². The number of hydrogen-bond acceptors (Lipinski definition) is 2. The van der Waals surface area contributed by atoms with Gasteiger partial charge in [-0.15, -0.1) is 0 Å². The summed E-state index contributed by atoms with van der Waals surface area (Å²) in [5, 5.41) is 0. The Morgan fingerprint density at radius 2 is 1.78 bits per heavy atom. The molecule has 2 aliphatic carbocycles. The molecule has 0 radical (unpaired) electrons. The third kappa shape index (κ3) is 2.46. The smallest absolute Gasteiger partial charge is 0.0309 e. The predicted octanol–water partition coefficient (Wildman–Crippen LogP) is 3.16. The molecule has 3 fully saturated rings. The van der Waals surface area contributed by atoms with Gasteiger partial charge in [-0.3, -0.25) is 4.90 Å². The maximum Gasteiger partial charge on any atom is 0.0309 e. The number of rotatable bonds is 5. The van der Waals surface area contributed by atoms with Crippen molar-refractivity contribution in [2.24, 2.45) is 17.6 Å². The molecule has 2 heteroatoms. The quantitative estimate of drug-likeness (QED) is 0.812. The number of likely N-dealkylation sites (tertiary alicyclic amines) is 1. The summed E-state index contributed by atoms with van der Waals surface area (Å²) < 4.78 is 0. The van der Waals surface area contributed by atoms with Gasteiger partial charge in [-0.2, -0.15) is 0 Å². The van der Waals surface area contributed by atoms with Gasteiger partial charge in [0.1, 0.15) is 0 Å². The third-order valence-electron chi connectivity index (χ3n) is 5.80. The van der Waals surface area contributed by atoms with E-state index in [0.29, 0.717) is 5.54 Å². The lowest BCUT2D eigenvalue weighted by atomic mass is 9.88. The molecule has 2 nitrogen and oxygen atoms in total. The lowest BCUT2D eigenvalue weighted by Crippen LogP contribution is -2.55. The summed E-state index contributed by atoms with van der Waals surface area (Å²) in [6.45, 7) is 4.60. The van der Waals surface area contributed by atoms with Gasteiger partial charge in [0.2, 0.25) is 0 Å². The van der Waals surface area contributed by atoms with Crippen molar-refractivity contribution in [2.75, 3.05) is 13.1 Å². The Bertz CT molecular complexity index is 281. The van der Waals surface area contributed by atoms with Crippen molar-refractivity contribution in [1.29, 1.82) is 0 Å². The van der Waals surface area contributed by atoms with Crippen LogP contribution in [-0.4, -0.2) is 29.6 Å². The van der Waals surface area contributed by atoms with Crippen LogP contribution in [0, 0.1) is 11.8 Å². The maximum absolute atomic E-state index is 6.18. The largest absolute Gasteiger partial charge is 0.329 e. The van der Waals surface area contributed by atoms with E-state index in [1.165, 1.54) is 64.3 Å². The first kappa shape index (κ1) is 12.9. The summed E-state index contributed by atoms with van der Waals surface area (Å²) in [4.78, 5) is 2.83. The molecular weight excluding hydrogens is 220 g/mol. The molecule has 18 heavy (non-hydrogen) atoms. The first-order valence-electron chi connectivity index (χ1n) is 8.20. The average Bonchev–Trinajstić information content (AvgIpc) is 2.90. The first-order chi connectivity index (χ1) is 8.73. The molecule has 1 aliphatic heterocycles. The molecule has 2 saturated carbocycles. The summed E-state index contributed by atoms with van der Waals surface area (Å²) in [6, 6.07) is 0.861. The Morgan fingerprint density at radius 1 is 1.06 bits per heavy atom. The van der Waals surface area contributed by atoms with E-state index in [1.54, 1.807) is 0 Å². The van der Waals surface area contributed by atoms with Crippen LogP contribution in [0.25, 0.3) is 0 Å². The van der Waals surface area contributed by atoms with Crippen molar-refractivity contribution >= 4 is 0 Å². The second-order valence-electron chi connectivity index (χ2n) is 7.30. The van der Waals surface area contributed by atoms with E-state index >= 15 is 0 Å². The van der Waals surface area contributed by atoms with Gasteiger partial charge in [0.15, 0.2) is 0 Å². The highest BCUT2D eigenvalue weighted by atomic mass is 15.3. The van der Waals surface area contributed by atoms with Crippen molar-refractivity contribution in [2.45, 2.75) is 76.3 Å². The molecule has 104 valence electrons. The van der Waals surface area contributed by atoms with E-state index in [2.05, 4.69) is 11.8 Å². The van der Waals surface area contributed by atoms with E-state index in [-0.39, 0.29) is 0 Å². The van der Waals surface area contributed by atoms with Crippen LogP contribution in [0.1, 0.15) is 64.7 Å². The van der Waals surface area contributed by atoms with Crippen LogP contribution in [0.4, 0.5) is 0 Å². The van der Waals surface area contributed by atoms with Gasteiger partial charge < -0.3 is 5.73 Å². The zero-order valence-corrected chi connectivity index (χ0v) is 12.0. The molecule has 2 N–H and O–H groups in total. The standard InChI is InChI=1S/C16H30N2/c1-16(12-17,11-13-8-9-13)18-10-4-7-15(18)14-5-2-3-6-14/h13-15H,2-12,17H2,1H3. The fourth-order valence-electron chi connectivity index (χ4n) is 4.56. The van der Waals surface area contributed by atoms with Crippen LogP contribution in [0.5, 0.6) is 0 Å². The van der Waals surface area contributed by atoms with Crippen LogP contribution in [0.2, 0.25) is 0 Å². The summed E-state index contributed by atoms with van der Waals surface area (Å²) in [5.41, 5.74) is 6.48. The minimum atomic E-state index is 0.297. The number of nitrogens with two attached hydrogens (primary N) is 1. The topological polar surface area (TPSA) is 29.3 Å². The average molecular weight is 250 g/mol. The van der Waals surface area contributed by atoms with Gasteiger partial charge >= 0.3 is 0 Å². The lowest BCUT2D eigenvalue weighted by Gasteiger charge is -2.44. The van der Waals surface area contributed by atoms with Crippen LogP contribution >= 0.6 is 0 Å². The van der Waals surface area contributed by atoms with E-state index in [4.69, 9.17) is 5.73 Å². The molecule has 2 unspecified atom stereocenters. The second-order valence-corrected chi connectivity index (χ2v) is 7.30. The van der Waals surface area contributed by atoms with Crippen molar-refractivity contribution in [3.05, 3.63) is 0 Å². The monoisotopic (exact) mass is 250 g/mol. The van der Waals surface area contributed by atoms with Gasteiger partial charge in [0.05, 0.1) is 0 Å². The Kier molecular flexibility index (Phi) is 3.68. The third-order valence-corrected chi connectivity index (χ3v) is 5.80. The molecule has 1 heterocycles. The Hall–Kier alpha value is -0.0800. The summed E-state index contributed by atoms with van der Waals surface area (Å²) >= 11 is 0. The molecule has 0 spiro atoms. The minimum Gasteiger partial charge on any atom is -0.329 e. The van der Waals surface area contributed by atoms with Crippen LogP contribution < -0.4 is 5.73 Å².